The summed E-state index contributed by atoms with van der Waals surface area (Å²) in [4.78, 5) is 20.0. The molecule has 5 heteroatoms. The zero-order chi connectivity index (χ0) is 13.5. The SMILES string of the molecule is CCNc1ccnc(C(=O)N(C)CCN(C)C)c1. The molecule has 1 heterocycles. The molecular weight excluding hydrogens is 228 g/mol. The molecule has 100 valence electrons. The second-order valence-corrected chi connectivity index (χ2v) is 4.49. The molecule has 1 rings (SSSR count). The maximum absolute atomic E-state index is 12.1. The van der Waals surface area contributed by atoms with Gasteiger partial charge >= 0.3 is 0 Å². The molecule has 0 aliphatic heterocycles. The minimum atomic E-state index is -0.0448. The number of pyridine rings is 1. The van der Waals surface area contributed by atoms with E-state index >= 15 is 0 Å². The van der Waals surface area contributed by atoms with Crippen LogP contribution in [0.2, 0.25) is 0 Å². The van der Waals surface area contributed by atoms with Crippen LogP contribution in [0.3, 0.4) is 0 Å². The molecule has 0 aliphatic carbocycles. The van der Waals surface area contributed by atoms with Crippen molar-refractivity contribution in [1.82, 2.24) is 14.8 Å². The highest BCUT2D eigenvalue weighted by molar-refractivity contribution is 5.92. The first kappa shape index (κ1) is 14.4. The number of aromatic nitrogens is 1. The molecule has 5 nitrogen and oxygen atoms in total. The number of nitrogens with one attached hydrogen (secondary N) is 1. The van der Waals surface area contributed by atoms with Crippen molar-refractivity contribution < 1.29 is 4.79 Å². The van der Waals surface area contributed by atoms with Crippen molar-refractivity contribution in [3.8, 4) is 0 Å². The molecule has 0 saturated carbocycles. The average Bonchev–Trinajstić information content (AvgIpc) is 2.35. The van der Waals surface area contributed by atoms with Gasteiger partial charge in [0.15, 0.2) is 0 Å². The molecule has 0 spiro atoms. The zero-order valence-electron chi connectivity index (χ0n) is 11.6. The van der Waals surface area contributed by atoms with E-state index in [1.807, 2.05) is 32.0 Å². The van der Waals surface area contributed by atoms with Gasteiger partial charge in [0.2, 0.25) is 0 Å². The lowest BCUT2D eigenvalue weighted by Crippen LogP contribution is -2.33. The Morgan fingerprint density at radius 1 is 1.33 bits per heavy atom. The second kappa shape index (κ2) is 6.96. The number of likely N-dealkylation sites (N-methyl/N-ethyl adjacent to an activating group) is 2. The van der Waals surface area contributed by atoms with Crippen molar-refractivity contribution in [2.75, 3.05) is 46.1 Å². The first-order valence-electron chi connectivity index (χ1n) is 6.14. The predicted octanol–water partition coefficient (Wildman–Crippen LogP) is 1.15. The van der Waals surface area contributed by atoms with Crippen LogP contribution >= 0.6 is 0 Å². The molecule has 0 saturated heterocycles. The van der Waals surface area contributed by atoms with Gasteiger partial charge in [-0.3, -0.25) is 9.78 Å². The molecule has 0 bridgehead atoms. The maximum atomic E-state index is 12.1. The van der Waals surface area contributed by atoms with Crippen molar-refractivity contribution in [3.05, 3.63) is 24.0 Å². The first-order valence-corrected chi connectivity index (χ1v) is 6.14. The molecule has 1 N–H and O–H groups in total. The largest absolute Gasteiger partial charge is 0.385 e. The topological polar surface area (TPSA) is 48.5 Å². The molecule has 1 amide bonds. The minimum absolute atomic E-state index is 0.0448. The van der Waals surface area contributed by atoms with Gasteiger partial charge in [0.1, 0.15) is 5.69 Å². The first-order chi connectivity index (χ1) is 8.54. The molecule has 0 aliphatic rings. The van der Waals surface area contributed by atoms with E-state index in [-0.39, 0.29) is 5.91 Å². The summed E-state index contributed by atoms with van der Waals surface area (Å²) in [6, 6.07) is 3.65. The third-order valence-corrected chi connectivity index (χ3v) is 2.59. The molecule has 1 aromatic heterocycles. The van der Waals surface area contributed by atoms with Crippen LogP contribution in [0.1, 0.15) is 17.4 Å². The van der Waals surface area contributed by atoms with Crippen LogP contribution in [0.5, 0.6) is 0 Å². The lowest BCUT2D eigenvalue weighted by Gasteiger charge is -2.19. The van der Waals surface area contributed by atoms with Crippen LogP contribution in [-0.2, 0) is 0 Å². The lowest BCUT2D eigenvalue weighted by molar-refractivity contribution is 0.0780. The van der Waals surface area contributed by atoms with E-state index in [0.29, 0.717) is 12.2 Å². The number of carbonyl (C=O) groups is 1. The van der Waals surface area contributed by atoms with Crippen molar-refractivity contribution in [1.29, 1.82) is 0 Å². The van der Waals surface area contributed by atoms with E-state index in [0.717, 1.165) is 18.8 Å². The van der Waals surface area contributed by atoms with E-state index in [2.05, 4.69) is 10.3 Å². The quantitative estimate of drug-likeness (QED) is 0.822. The Morgan fingerprint density at radius 3 is 2.67 bits per heavy atom. The van der Waals surface area contributed by atoms with Gasteiger partial charge in [-0.05, 0) is 33.2 Å². The van der Waals surface area contributed by atoms with E-state index in [1.165, 1.54) is 0 Å². The van der Waals surface area contributed by atoms with Gasteiger partial charge < -0.3 is 15.1 Å². The summed E-state index contributed by atoms with van der Waals surface area (Å²) >= 11 is 0. The van der Waals surface area contributed by atoms with E-state index in [9.17, 15) is 4.79 Å². The van der Waals surface area contributed by atoms with Gasteiger partial charge in [-0.25, -0.2) is 0 Å². The highest BCUT2D eigenvalue weighted by Crippen LogP contribution is 2.09. The van der Waals surface area contributed by atoms with E-state index < -0.39 is 0 Å². The fraction of sp³-hybridized carbons (Fsp3) is 0.538. The Labute approximate surface area is 109 Å². The summed E-state index contributed by atoms with van der Waals surface area (Å²) in [6.07, 6.45) is 1.66. The number of nitrogens with zero attached hydrogens (tertiary/aromatic N) is 3. The van der Waals surface area contributed by atoms with Crippen molar-refractivity contribution in [3.63, 3.8) is 0 Å². The number of carbonyl (C=O) groups excluding carboxylic acids is 1. The molecule has 0 radical (unpaired) electrons. The molecular formula is C13H22N4O. The second-order valence-electron chi connectivity index (χ2n) is 4.49. The van der Waals surface area contributed by atoms with Crippen LogP contribution in [-0.4, -0.2) is 61.5 Å². The molecule has 0 fully saturated rings. The Bertz CT molecular complexity index is 392. The molecule has 0 atom stereocenters. The highest BCUT2D eigenvalue weighted by Gasteiger charge is 2.13. The van der Waals surface area contributed by atoms with Gasteiger partial charge in [-0.15, -0.1) is 0 Å². The number of anilines is 1. The summed E-state index contributed by atoms with van der Waals surface area (Å²) in [6.45, 7) is 4.38. The third kappa shape index (κ3) is 4.33. The Morgan fingerprint density at radius 2 is 2.06 bits per heavy atom. The molecule has 1 aromatic rings. The van der Waals surface area contributed by atoms with Crippen LogP contribution in [0.25, 0.3) is 0 Å². The normalized spacial score (nSPS) is 10.5. The highest BCUT2D eigenvalue weighted by atomic mass is 16.2. The standard InChI is InChI=1S/C13H22N4O/c1-5-14-11-6-7-15-12(10-11)13(18)17(4)9-8-16(2)3/h6-7,10H,5,8-9H2,1-4H3,(H,14,15). The number of amides is 1. The summed E-state index contributed by atoms with van der Waals surface area (Å²) in [7, 11) is 5.78. The Hall–Kier alpha value is -1.62. The fourth-order valence-corrected chi connectivity index (χ4v) is 1.51. The van der Waals surface area contributed by atoms with Gasteiger partial charge in [0.05, 0.1) is 0 Å². The van der Waals surface area contributed by atoms with Crippen molar-refractivity contribution >= 4 is 11.6 Å². The van der Waals surface area contributed by atoms with Crippen molar-refractivity contribution in [2.24, 2.45) is 0 Å². The van der Waals surface area contributed by atoms with Gasteiger partial charge in [0, 0.05) is 38.6 Å². The molecule has 0 unspecified atom stereocenters. The van der Waals surface area contributed by atoms with Gasteiger partial charge in [-0.2, -0.15) is 0 Å². The Balaban J connectivity index is 2.67. The number of hydrogen-bond donors (Lipinski definition) is 1. The van der Waals surface area contributed by atoms with Gasteiger partial charge in [-0.1, -0.05) is 0 Å². The third-order valence-electron chi connectivity index (χ3n) is 2.59. The zero-order valence-corrected chi connectivity index (χ0v) is 11.6. The van der Waals surface area contributed by atoms with E-state index in [4.69, 9.17) is 0 Å². The Kier molecular flexibility index (Phi) is 5.58. The van der Waals surface area contributed by atoms with Crippen LogP contribution in [0, 0.1) is 0 Å². The smallest absolute Gasteiger partial charge is 0.272 e. The fourth-order valence-electron chi connectivity index (χ4n) is 1.51. The summed E-state index contributed by atoms with van der Waals surface area (Å²) in [5.41, 5.74) is 1.41. The monoisotopic (exact) mass is 250 g/mol. The number of rotatable bonds is 6. The van der Waals surface area contributed by atoms with Crippen LogP contribution < -0.4 is 5.32 Å². The van der Waals surface area contributed by atoms with Gasteiger partial charge in [0.25, 0.3) is 5.91 Å². The summed E-state index contributed by atoms with van der Waals surface area (Å²) < 4.78 is 0. The average molecular weight is 250 g/mol. The van der Waals surface area contributed by atoms with Crippen LogP contribution in [0.15, 0.2) is 18.3 Å². The minimum Gasteiger partial charge on any atom is -0.385 e. The van der Waals surface area contributed by atoms with Crippen molar-refractivity contribution in [2.45, 2.75) is 6.92 Å². The number of hydrogen-bond acceptors (Lipinski definition) is 4. The molecule has 0 aromatic carbocycles. The van der Waals surface area contributed by atoms with Crippen LogP contribution in [0.4, 0.5) is 5.69 Å². The lowest BCUT2D eigenvalue weighted by atomic mass is 10.3. The van der Waals surface area contributed by atoms with E-state index in [1.54, 1.807) is 24.2 Å². The molecule has 18 heavy (non-hydrogen) atoms. The summed E-state index contributed by atoms with van der Waals surface area (Å²) in [5.74, 6) is -0.0448. The summed E-state index contributed by atoms with van der Waals surface area (Å²) in [5, 5.41) is 3.17. The predicted molar refractivity (Wildman–Crippen MR) is 73.9 cm³/mol. The maximum Gasteiger partial charge on any atom is 0.272 e.